The SMILES string of the molecule is C=CC1=C(C=C)C(C)(CC)C(C=C)=C(/C=C\C)C=C1. The van der Waals surface area contributed by atoms with E-state index in [2.05, 4.69) is 57.9 Å². The van der Waals surface area contributed by atoms with Gasteiger partial charge in [-0.15, -0.1) is 0 Å². The van der Waals surface area contributed by atoms with Crippen molar-refractivity contribution < 1.29 is 0 Å². The predicted molar refractivity (Wildman–Crippen MR) is 87.0 cm³/mol. The van der Waals surface area contributed by atoms with E-state index in [0.29, 0.717) is 0 Å². The fraction of sp³-hybridized carbons (Fsp3) is 0.263. The van der Waals surface area contributed by atoms with Crippen LogP contribution in [0.2, 0.25) is 0 Å². The summed E-state index contributed by atoms with van der Waals surface area (Å²) in [6.07, 6.45) is 15.3. The van der Waals surface area contributed by atoms with Crippen LogP contribution in [0.3, 0.4) is 0 Å². The summed E-state index contributed by atoms with van der Waals surface area (Å²) >= 11 is 0. The molecule has 0 heteroatoms. The van der Waals surface area contributed by atoms with Crippen molar-refractivity contribution in [1.82, 2.24) is 0 Å². The second-order valence-corrected chi connectivity index (χ2v) is 4.87. The van der Waals surface area contributed by atoms with Gasteiger partial charge < -0.3 is 0 Å². The molecule has 0 bridgehead atoms. The van der Waals surface area contributed by atoms with Crippen molar-refractivity contribution in [1.29, 1.82) is 0 Å². The van der Waals surface area contributed by atoms with Gasteiger partial charge in [0.25, 0.3) is 0 Å². The second kappa shape index (κ2) is 6.38. The molecular weight excluding hydrogens is 228 g/mol. The highest BCUT2D eigenvalue weighted by Gasteiger charge is 2.32. The molecular formula is C19H24. The van der Waals surface area contributed by atoms with E-state index in [4.69, 9.17) is 0 Å². The molecule has 19 heavy (non-hydrogen) atoms. The molecule has 1 unspecified atom stereocenters. The molecule has 0 amide bonds. The normalized spacial score (nSPS) is 23.7. The molecule has 0 saturated heterocycles. The maximum absolute atomic E-state index is 4.01. The van der Waals surface area contributed by atoms with Gasteiger partial charge >= 0.3 is 0 Å². The van der Waals surface area contributed by atoms with E-state index in [-0.39, 0.29) is 5.41 Å². The van der Waals surface area contributed by atoms with E-state index in [1.165, 1.54) is 16.7 Å². The lowest BCUT2D eigenvalue weighted by atomic mass is 9.71. The molecule has 100 valence electrons. The third-order valence-corrected chi connectivity index (χ3v) is 3.93. The Morgan fingerprint density at radius 1 is 1.00 bits per heavy atom. The van der Waals surface area contributed by atoms with E-state index in [0.717, 1.165) is 12.0 Å². The first-order chi connectivity index (χ1) is 9.08. The molecule has 0 nitrogen and oxygen atoms in total. The van der Waals surface area contributed by atoms with Crippen molar-refractivity contribution in [3.8, 4) is 0 Å². The Morgan fingerprint density at radius 2 is 1.53 bits per heavy atom. The molecule has 0 heterocycles. The minimum absolute atomic E-state index is 0.0780. The molecule has 0 N–H and O–H groups in total. The van der Waals surface area contributed by atoms with Crippen LogP contribution >= 0.6 is 0 Å². The van der Waals surface area contributed by atoms with Crippen LogP contribution in [0.4, 0.5) is 0 Å². The number of hydrogen-bond acceptors (Lipinski definition) is 0. The quantitative estimate of drug-likeness (QED) is 0.588. The molecule has 0 aromatic carbocycles. The number of hydrogen-bond donors (Lipinski definition) is 0. The molecule has 0 saturated carbocycles. The van der Waals surface area contributed by atoms with Gasteiger partial charge in [-0.1, -0.05) is 76.1 Å². The third-order valence-electron chi connectivity index (χ3n) is 3.93. The summed E-state index contributed by atoms with van der Waals surface area (Å²) in [5.74, 6) is 0. The Morgan fingerprint density at radius 3 is 1.95 bits per heavy atom. The average Bonchev–Trinajstić information content (AvgIpc) is 2.53. The standard InChI is InChI=1S/C19H24/c1-7-12-16-14-13-15(8-2)17(9-3)19(6,11-5)18(16)10-4/h7-10,12-14H,2-4,11H2,1,5-6H3/b12-7-. The summed E-state index contributed by atoms with van der Waals surface area (Å²) in [7, 11) is 0. The van der Waals surface area contributed by atoms with Gasteiger partial charge in [0, 0.05) is 5.41 Å². The van der Waals surface area contributed by atoms with Crippen LogP contribution < -0.4 is 0 Å². The third kappa shape index (κ3) is 2.63. The lowest BCUT2D eigenvalue weighted by Gasteiger charge is -2.33. The van der Waals surface area contributed by atoms with Gasteiger partial charge in [-0.2, -0.15) is 0 Å². The van der Waals surface area contributed by atoms with Gasteiger partial charge in [0.2, 0.25) is 0 Å². The molecule has 0 spiro atoms. The Hall–Kier alpha value is -1.82. The highest BCUT2D eigenvalue weighted by Crippen LogP contribution is 2.45. The van der Waals surface area contributed by atoms with E-state index < -0.39 is 0 Å². The Balaban J connectivity index is 3.71. The predicted octanol–water partition coefficient (Wildman–Crippen LogP) is 5.70. The van der Waals surface area contributed by atoms with Gasteiger partial charge in [0.15, 0.2) is 0 Å². The highest BCUT2D eigenvalue weighted by molar-refractivity contribution is 5.57. The van der Waals surface area contributed by atoms with Gasteiger partial charge in [-0.25, -0.2) is 0 Å². The summed E-state index contributed by atoms with van der Waals surface area (Å²) in [6.45, 7) is 18.4. The molecule has 0 radical (unpaired) electrons. The molecule has 1 aliphatic carbocycles. The monoisotopic (exact) mass is 252 g/mol. The topological polar surface area (TPSA) is 0 Å². The fourth-order valence-corrected chi connectivity index (χ4v) is 2.71. The van der Waals surface area contributed by atoms with E-state index in [1.54, 1.807) is 0 Å². The zero-order valence-electron chi connectivity index (χ0n) is 12.4. The van der Waals surface area contributed by atoms with Gasteiger partial charge in [-0.3, -0.25) is 0 Å². The molecule has 1 aliphatic rings. The molecule has 1 atom stereocenters. The van der Waals surface area contributed by atoms with Crippen molar-refractivity contribution in [3.63, 3.8) is 0 Å². The van der Waals surface area contributed by atoms with Crippen molar-refractivity contribution in [2.24, 2.45) is 5.41 Å². The summed E-state index contributed by atoms with van der Waals surface area (Å²) in [4.78, 5) is 0. The van der Waals surface area contributed by atoms with Crippen molar-refractivity contribution >= 4 is 0 Å². The number of allylic oxidation sites excluding steroid dienone is 11. The lowest BCUT2D eigenvalue weighted by molar-refractivity contribution is 0.480. The Kier molecular flexibility index (Phi) is 5.11. The Labute approximate surface area is 117 Å². The average molecular weight is 252 g/mol. The van der Waals surface area contributed by atoms with Crippen LogP contribution in [0.1, 0.15) is 27.2 Å². The minimum atomic E-state index is -0.0780. The maximum Gasteiger partial charge on any atom is 0.0183 e. The van der Waals surface area contributed by atoms with E-state index in [9.17, 15) is 0 Å². The van der Waals surface area contributed by atoms with Gasteiger partial charge in [-0.05, 0) is 35.6 Å². The lowest BCUT2D eigenvalue weighted by Crippen LogP contribution is -2.21. The van der Waals surface area contributed by atoms with Crippen LogP contribution in [-0.2, 0) is 0 Å². The van der Waals surface area contributed by atoms with Crippen LogP contribution in [0.15, 0.2) is 84.6 Å². The minimum Gasteiger partial charge on any atom is -0.0987 e. The molecule has 0 aromatic heterocycles. The fourth-order valence-electron chi connectivity index (χ4n) is 2.71. The molecule has 0 fully saturated rings. The maximum atomic E-state index is 4.01. The first-order valence-corrected chi connectivity index (χ1v) is 6.76. The summed E-state index contributed by atoms with van der Waals surface area (Å²) in [5, 5.41) is 0. The summed E-state index contributed by atoms with van der Waals surface area (Å²) in [6, 6.07) is 0. The van der Waals surface area contributed by atoms with Gasteiger partial charge in [0.05, 0.1) is 0 Å². The van der Waals surface area contributed by atoms with Crippen molar-refractivity contribution in [2.45, 2.75) is 27.2 Å². The zero-order valence-corrected chi connectivity index (χ0v) is 12.4. The number of rotatable bonds is 5. The largest absolute Gasteiger partial charge is 0.0987 e. The summed E-state index contributed by atoms with van der Waals surface area (Å²) < 4.78 is 0. The van der Waals surface area contributed by atoms with Gasteiger partial charge in [0.1, 0.15) is 0 Å². The van der Waals surface area contributed by atoms with Crippen molar-refractivity contribution in [3.05, 3.63) is 84.6 Å². The first-order valence-electron chi connectivity index (χ1n) is 6.76. The highest BCUT2D eigenvalue weighted by atomic mass is 14.4. The van der Waals surface area contributed by atoms with E-state index in [1.807, 2.05) is 25.2 Å². The van der Waals surface area contributed by atoms with Crippen LogP contribution in [0.5, 0.6) is 0 Å². The molecule has 0 aliphatic heterocycles. The van der Waals surface area contributed by atoms with Crippen LogP contribution in [0.25, 0.3) is 0 Å². The van der Waals surface area contributed by atoms with Crippen LogP contribution in [0, 0.1) is 5.41 Å². The Bertz CT molecular complexity index is 506. The molecule has 0 aromatic rings. The van der Waals surface area contributed by atoms with Crippen molar-refractivity contribution in [2.75, 3.05) is 0 Å². The molecule has 1 rings (SSSR count). The van der Waals surface area contributed by atoms with E-state index >= 15 is 0 Å². The zero-order chi connectivity index (χ0) is 14.5. The smallest absolute Gasteiger partial charge is 0.0183 e. The summed E-state index contributed by atoms with van der Waals surface area (Å²) in [5.41, 5.74) is 4.73. The van der Waals surface area contributed by atoms with Crippen LogP contribution in [-0.4, -0.2) is 0 Å². The second-order valence-electron chi connectivity index (χ2n) is 4.87. The first kappa shape index (κ1) is 15.2.